The minimum atomic E-state index is -4.56. The fourth-order valence-electron chi connectivity index (χ4n) is 1.72. The molecule has 7 nitrogen and oxygen atoms in total. The summed E-state index contributed by atoms with van der Waals surface area (Å²) in [6.07, 6.45) is -3.83. The summed E-state index contributed by atoms with van der Waals surface area (Å²) < 4.78 is 64.7. The van der Waals surface area contributed by atoms with Gasteiger partial charge in [0.05, 0.1) is 16.7 Å². The minimum Gasteiger partial charge on any atom is -0.368 e. The second kappa shape index (κ2) is 6.37. The lowest BCUT2D eigenvalue weighted by atomic mass is 10.1. The van der Waals surface area contributed by atoms with Gasteiger partial charge in [-0.15, -0.1) is 15.6 Å². The van der Waals surface area contributed by atoms with Crippen LogP contribution in [0.15, 0.2) is 29.3 Å². The van der Waals surface area contributed by atoms with E-state index in [0.29, 0.717) is 0 Å². The molecule has 12 heteroatoms. The van der Waals surface area contributed by atoms with Crippen LogP contribution in [-0.2, 0) is 20.6 Å². The first-order valence-corrected chi connectivity index (χ1v) is 8.73. The molecule has 0 aliphatic heterocycles. The predicted octanol–water partition coefficient (Wildman–Crippen LogP) is 1.86. The summed E-state index contributed by atoms with van der Waals surface area (Å²) in [6.45, 7) is 0. The first-order valence-electron chi connectivity index (χ1n) is 6.10. The summed E-state index contributed by atoms with van der Waals surface area (Å²) in [5, 5.41) is -0.132. The summed E-state index contributed by atoms with van der Waals surface area (Å²) in [4.78, 5) is 15.2. The molecule has 0 saturated carbocycles. The Morgan fingerprint density at radius 2 is 2.04 bits per heavy atom. The van der Waals surface area contributed by atoms with E-state index >= 15 is 0 Å². The Morgan fingerprint density at radius 3 is 2.62 bits per heavy atom. The fraction of sp³-hybridized carbons (Fsp3) is 0.167. The number of alkyl halides is 3. The van der Waals surface area contributed by atoms with Crippen LogP contribution in [-0.4, -0.2) is 26.5 Å². The van der Waals surface area contributed by atoms with Crippen molar-refractivity contribution in [3.05, 3.63) is 34.7 Å². The Labute approximate surface area is 138 Å². The van der Waals surface area contributed by atoms with Gasteiger partial charge >= 0.3 is 6.18 Å². The molecule has 0 radical (unpaired) electrons. The number of nitrogens with one attached hydrogen (secondary N) is 1. The van der Waals surface area contributed by atoms with Crippen LogP contribution in [0.4, 0.5) is 13.2 Å². The van der Waals surface area contributed by atoms with Crippen molar-refractivity contribution in [1.82, 2.24) is 5.48 Å². The molecule has 1 heterocycles. The number of benzene rings is 1. The lowest BCUT2D eigenvalue weighted by molar-refractivity contribution is -0.136. The van der Waals surface area contributed by atoms with E-state index in [1.807, 2.05) is 0 Å². The van der Waals surface area contributed by atoms with Gasteiger partial charge in [-0.2, -0.15) is 26.6 Å². The highest BCUT2D eigenvalue weighted by molar-refractivity contribution is 7.85. The van der Waals surface area contributed by atoms with Gasteiger partial charge in [-0.1, -0.05) is 6.07 Å². The van der Waals surface area contributed by atoms with Gasteiger partial charge in [0.2, 0.25) is 5.96 Å². The number of nitrogens with two attached hydrogens (primary N) is 1. The standard InChI is InChI=1S/C12H10F3N3O4S2/c1-24(20,21)22-18-11(16)17-10(19)9-5-6-7(12(13,14)15)3-2-4-8(6)23-9/h2-5H,1H3,(H3,16,17,18,19). The highest BCUT2D eigenvalue weighted by Gasteiger charge is 2.33. The third kappa shape index (κ3) is 4.43. The van der Waals surface area contributed by atoms with E-state index in [0.717, 1.165) is 29.7 Å². The summed E-state index contributed by atoms with van der Waals surface area (Å²) in [7, 11) is -3.87. The Morgan fingerprint density at radius 1 is 1.38 bits per heavy atom. The maximum absolute atomic E-state index is 12.9. The Kier molecular flexibility index (Phi) is 4.82. The van der Waals surface area contributed by atoms with Gasteiger partial charge < -0.3 is 5.73 Å². The largest absolute Gasteiger partial charge is 0.417 e. The number of fused-ring (bicyclic) bond motifs is 1. The Hall–Kier alpha value is -2.18. The Balaban J connectivity index is 2.31. The second-order valence-electron chi connectivity index (χ2n) is 4.52. The zero-order valence-electron chi connectivity index (χ0n) is 11.9. The van der Waals surface area contributed by atoms with Crippen molar-refractivity contribution >= 4 is 43.4 Å². The molecule has 0 saturated heterocycles. The van der Waals surface area contributed by atoms with E-state index in [9.17, 15) is 26.4 Å². The summed E-state index contributed by atoms with van der Waals surface area (Å²) >= 11 is 0.802. The van der Waals surface area contributed by atoms with Gasteiger partial charge in [-0.25, -0.2) is 5.48 Å². The molecule has 2 rings (SSSR count). The van der Waals surface area contributed by atoms with Crippen molar-refractivity contribution in [2.75, 3.05) is 6.26 Å². The molecule has 0 unspecified atom stereocenters. The Bertz CT molecular complexity index is 919. The van der Waals surface area contributed by atoms with Crippen LogP contribution in [0.5, 0.6) is 0 Å². The van der Waals surface area contributed by atoms with Gasteiger partial charge in [0, 0.05) is 10.1 Å². The molecule has 1 aromatic carbocycles. The number of hydrogen-bond acceptors (Lipinski definition) is 5. The van der Waals surface area contributed by atoms with Gasteiger partial charge in [-0.3, -0.25) is 4.79 Å². The SMILES string of the molecule is CS(=O)(=O)ONC(N)=NC(=O)c1cc2c(C(F)(F)F)cccc2s1. The lowest BCUT2D eigenvalue weighted by Crippen LogP contribution is -2.34. The molecular formula is C12H10F3N3O4S2. The van der Waals surface area contributed by atoms with E-state index < -0.39 is 33.7 Å². The van der Waals surface area contributed by atoms with Gasteiger partial charge in [0.25, 0.3) is 16.0 Å². The summed E-state index contributed by atoms with van der Waals surface area (Å²) in [5.41, 5.74) is 6.13. The molecule has 130 valence electrons. The average molecular weight is 381 g/mol. The van der Waals surface area contributed by atoms with Crippen molar-refractivity contribution in [1.29, 1.82) is 0 Å². The molecule has 0 aliphatic carbocycles. The van der Waals surface area contributed by atoms with Crippen molar-refractivity contribution < 1.29 is 30.7 Å². The molecule has 0 fully saturated rings. The fourth-order valence-corrected chi connectivity index (χ4v) is 2.93. The quantitative estimate of drug-likeness (QED) is 0.477. The molecule has 0 aliphatic rings. The zero-order valence-corrected chi connectivity index (χ0v) is 13.6. The van der Waals surface area contributed by atoms with Crippen LogP contribution >= 0.6 is 11.3 Å². The van der Waals surface area contributed by atoms with Crippen LogP contribution in [0.2, 0.25) is 0 Å². The number of guanidine groups is 1. The summed E-state index contributed by atoms with van der Waals surface area (Å²) in [6, 6.07) is 4.63. The van der Waals surface area contributed by atoms with Gasteiger partial charge in [-0.05, 0) is 18.2 Å². The number of nitrogens with zero attached hydrogens (tertiary/aromatic N) is 1. The van der Waals surface area contributed by atoms with E-state index in [4.69, 9.17) is 5.73 Å². The van der Waals surface area contributed by atoms with E-state index in [2.05, 4.69) is 9.28 Å². The third-order valence-electron chi connectivity index (χ3n) is 2.60. The maximum atomic E-state index is 12.9. The second-order valence-corrected chi connectivity index (χ2v) is 7.18. The van der Waals surface area contributed by atoms with E-state index in [1.54, 1.807) is 5.48 Å². The molecule has 0 atom stereocenters. The lowest BCUT2D eigenvalue weighted by Gasteiger charge is -2.06. The first-order chi connectivity index (χ1) is 11.0. The molecule has 0 bridgehead atoms. The highest BCUT2D eigenvalue weighted by atomic mass is 32.2. The smallest absolute Gasteiger partial charge is 0.368 e. The molecule has 1 aromatic heterocycles. The molecule has 1 amide bonds. The minimum absolute atomic E-state index is 0.0918. The number of carbonyl (C=O) groups excluding carboxylic acids is 1. The molecule has 0 spiro atoms. The van der Waals surface area contributed by atoms with Gasteiger partial charge in [0.1, 0.15) is 0 Å². The summed E-state index contributed by atoms with van der Waals surface area (Å²) in [5.74, 6) is -1.59. The number of rotatable bonds is 3. The highest BCUT2D eigenvalue weighted by Crippen LogP contribution is 2.38. The number of aliphatic imine (C=N–C) groups is 1. The number of hydrogen-bond donors (Lipinski definition) is 2. The average Bonchev–Trinajstić information content (AvgIpc) is 2.87. The number of thiophene rings is 1. The number of halogens is 3. The third-order valence-corrected chi connectivity index (χ3v) is 4.07. The van der Waals surface area contributed by atoms with E-state index in [1.165, 1.54) is 12.1 Å². The predicted molar refractivity (Wildman–Crippen MR) is 81.8 cm³/mol. The van der Waals surface area contributed by atoms with Gasteiger partial charge in [0.15, 0.2) is 0 Å². The number of amides is 1. The van der Waals surface area contributed by atoms with Crippen LogP contribution in [0, 0.1) is 0 Å². The molecular weight excluding hydrogens is 371 g/mol. The van der Waals surface area contributed by atoms with Crippen LogP contribution in [0.25, 0.3) is 10.1 Å². The van der Waals surface area contributed by atoms with Crippen molar-refractivity contribution in [2.24, 2.45) is 10.7 Å². The molecule has 3 N–H and O–H groups in total. The maximum Gasteiger partial charge on any atom is 0.417 e. The number of carbonyl (C=O) groups is 1. The first kappa shape index (κ1) is 18.2. The van der Waals surface area contributed by atoms with Crippen molar-refractivity contribution in [2.45, 2.75) is 6.18 Å². The topological polar surface area (TPSA) is 111 Å². The van der Waals surface area contributed by atoms with Crippen LogP contribution in [0.1, 0.15) is 15.2 Å². The van der Waals surface area contributed by atoms with E-state index in [-0.39, 0.29) is 15.0 Å². The van der Waals surface area contributed by atoms with Crippen LogP contribution in [0.3, 0.4) is 0 Å². The van der Waals surface area contributed by atoms with Crippen molar-refractivity contribution in [3.63, 3.8) is 0 Å². The normalized spacial score (nSPS) is 13.2. The molecule has 24 heavy (non-hydrogen) atoms. The van der Waals surface area contributed by atoms with Crippen LogP contribution < -0.4 is 11.2 Å². The van der Waals surface area contributed by atoms with Crippen molar-refractivity contribution in [3.8, 4) is 0 Å². The number of hydroxylamine groups is 1. The zero-order chi connectivity index (χ0) is 18.1. The monoisotopic (exact) mass is 381 g/mol. The molecule has 2 aromatic rings.